The van der Waals surface area contributed by atoms with E-state index in [1.54, 1.807) is 6.07 Å². The van der Waals surface area contributed by atoms with E-state index in [9.17, 15) is 18.3 Å². The average Bonchev–Trinajstić information content (AvgIpc) is 2.65. The maximum absolute atomic E-state index is 12.4. The van der Waals surface area contributed by atoms with Gasteiger partial charge in [0.2, 0.25) is 0 Å². The van der Waals surface area contributed by atoms with Crippen LogP contribution in [0.15, 0.2) is 24.3 Å². The summed E-state index contributed by atoms with van der Waals surface area (Å²) in [5.41, 5.74) is 1.78. The van der Waals surface area contributed by atoms with Gasteiger partial charge in [-0.3, -0.25) is 0 Å². The summed E-state index contributed by atoms with van der Waals surface area (Å²) in [6.45, 7) is 7.00. The van der Waals surface area contributed by atoms with E-state index in [0.717, 1.165) is 16.9 Å². The monoisotopic (exact) mass is 410 g/mol. The number of rotatable bonds is 6. The minimum Gasteiger partial charge on any atom is -0.406 e. The Morgan fingerprint density at radius 1 is 1.17 bits per heavy atom. The Labute approximate surface area is 167 Å². The van der Waals surface area contributed by atoms with E-state index in [2.05, 4.69) is 24.9 Å². The number of anilines is 2. The molecule has 29 heavy (non-hydrogen) atoms. The third kappa shape index (κ3) is 5.50. The molecule has 1 aromatic heterocycles. The molecule has 3 rings (SSSR count). The van der Waals surface area contributed by atoms with Crippen molar-refractivity contribution in [1.29, 1.82) is 0 Å². The molecule has 0 saturated carbocycles. The van der Waals surface area contributed by atoms with Gasteiger partial charge in [0.05, 0.1) is 6.61 Å². The van der Waals surface area contributed by atoms with Crippen molar-refractivity contribution in [1.82, 2.24) is 9.97 Å². The summed E-state index contributed by atoms with van der Waals surface area (Å²) < 4.78 is 41.4. The van der Waals surface area contributed by atoms with Crippen molar-refractivity contribution < 1.29 is 23.0 Å². The van der Waals surface area contributed by atoms with E-state index in [1.165, 1.54) is 12.1 Å². The van der Waals surface area contributed by atoms with Crippen LogP contribution in [0.5, 0.6) is 5.75 Å². The molecule has 2 heterocycles. The van der Waals surface area contributed by atoms with Crippen molar-refractivity contribution in [2.75, 3.05) is 23.4 Å². The van der Waals surface area contributed by atoms with E-state index in [-0.39, 0.29) is 24.3 Å². The maximum atomic E-state index is 12.4. The molecule has 0 amide bonds. The van der Waals surface area contributed by atoms with Crippen molar-refractivity contribution >= 4 is 11.6 Å². The molecule has 0 bridgehead atoms. The summed E-state index contributed by atoms with van der Waals surface area (Å²) in [4.78, 5) is 11.3. The Morgan fingerprint density at radius 2 is 1.93 bits per heavy atom. The van der Waals surface area contributed by atoms with Crippen LogP contribution in [0, 0.1) is 0 Å². The van der Waals surface area contributed by atoms with Gasteiger partial charge in [-0.15, -0.1) is 13.2 Å². The largest absolute Gasteiger partial charge is 0.573 e. The number of halogens is 3. The highest BCUT2D eigenvalue weighted by Crippen LogP contribution is 2.30. The van der Waals surface area contributed by atoms with Crippen LogP contribution in [-0.2, 0) is 13.0 Å². The normalized spacial score (nSPS) is 15.2. The Balaban J connectivity index is 1.83. The average molecular weight is 410 g/mol. The molecule has 1 aromatic carbocycles. The van der Waals surface area contributed by atoms with Crippen LogP contribution in [0.25, 0.3) is 0 Å². The van der Waals surface area contributed by atoms with E-state index < -0.39 is 6.36 Å². The Hall–Kier alpha value is -2.55. The van der Waals surface area contributed by atoms with Gasteiger partial charge in [-0.05, 0) is 36.6 Å². The van der Waals surface area contributed by atoms with Gasteiger partial charge in [-0.2, -0.15) is 0 Å². The molecule has 0 aliphatic carbocycles. The Kier molecular flexibility index (Phi) is 6.16. The highest BCUT2D eigenvalue weighted by molar-refractivity contribution is 5.52. The first-order valence-electron chi connectivity index (χ1n) is 9.53. The quantitative estimate of drug-likeness (QED) is 0.754. The van der Waals surface area contributed by atoms with Crippen molar-refractivity contribution in [2.24, 2.45) is 0 Å². The lowest BCUT2D eigenvalue weighted by Crippen LogP contribution is -2.32. The number of nitrogens with one attached hydrogen (secondary N) is 1. The number of nitrogens with zero attached hydrogens (tertiary/aromatic N) is 3. The Morgan fingerprint density at radius 3 is 2.59 bits per heavy atom. The lowest BCUT2D eigenvalue weighted by molar-refractivity contribution is -0.274. The molecule has 1 atom stereocenters. The number of aromatic nitrogens is 2. The third-order valence-corrected chi connectivity index (χ3v) is 4.66. The van der Waals surface area contributed by atoms with Crippen LogP contribution >= 0.6 is 0 Å². The van der Waals surface area contributed by atoms with Crippen LogP contribution in [0.4, 0.5) is 24.8 Å². The van der Waals surface area contributed by atoms with Gasteiger partial charge in [-0.1, -0.05) is 19.9 Å². The number of hydrogen-bond donors (Lipinski definition) is 2. The zero-order valence-corrected chi connectivity index (χ0v) is 16.6. The first kappa shape index (κ1) is 21.2. The molecule has 0 saturated heterocycles. The van der Waals surface area contributed by atoms with Gasteiger partial charge in [0.15, 0.2) is 0 Å². The van der Waals surface area contributed by atoms with Gasteiger partial charge in [0.25, 0.3) is 0 Å². The smallest absolute Gasteiger partial charge is 0.406 e. The maximum Gasteiger partial charge on any atom is 0.573 e. The number of benzene rings is 1. The van der Waals surface area contributed by atoms with Crippen molar-refractivity contribution in [3.8, 4) is 5.75 Å². The van der Waals surface area contributed by atoms with Gasteiger partial charge >= 0.3 is 6.36 Å². The summed E-state index contributed by atoms with van der Waals surface area (Å²) in [7, 11) is 0. The summed E-state index contributed by atoms with van der Waals surface area (Å²) in [5, 5.41) is 12.5. The fourth-order valence-corrected chi connectivity index (χ4v) is 3.17. The van der Waals surface area contributed by atoms with Crippen molar-refractivity contribution in [3.05, 3.63) is 41.2 Å². The minimum atomic E-state index is -4.70. The first-order chi connectivity index (χ1) is 13.6. The second-order valence-corrected chi connectivity index (χ2v) is 7.50. The van der Waals surface area contributed by atoms with Crippen molar-refractivity contribution in [2.45, 2.75) is 52.1 Å². The summed E-state index contributed by atoms with van der Waals surface area (Å²) in [6.07, 6.45) is -4.11. The van der Waals surface area contributed by atoms with Crippen LogP contribution in [-0.4, -0.2) is 40.6 Å². The minimum absolute atomic E-state index is 0.0181. The molecule has 2 aromatic rings. The summed E-state index contributed by atoms with van der Waals surface area (Å²) in [6, 6.07) is 6.15. The van der Waals surface area contributed by atoms with Gasteiger partial charge in [0, 0.05) is 31.1 Å². The lowest BCUT2D eigenvalue weighted by atomic mass is 9.99. The predicted molar refractivity (Wildman–Crippen MR) is 104 cm³/mol. The van der Waals surface area contributed by atoms with Crippen molar-refractivity contribution in [3.63, 3.8) is 0 Å². The fourth-order valence-electron chi connectivity index (χ4n) is 3.17. The van der Waals surface area contributed by atoms with Gasteiger partial charge < -0.3 is 20.1 Å². The zero-order valence-electron chi connectivity index (χ0n) is 16.6. The number of fused-ring (bicyclic) bond motifs is 1. The highest BCUT2D eigenvalue weighted by Gasteiger charge is 2.31. The number of alkyl halides is 3. The highest BCUT2D eigenvalue weighted by atomic mass is 19.4. The van der Waals surface area contributed by atoms with E-state index >= 15 is 0 Å². The molecule has 158 valence electrons. The van der Waals surface area contributed by atoms with E-state index in [4.69, 9.17) is 0 Å². The van der Waals surface area contributed by atoms with Gasteiger partial charge in [-0.25, -0.2) is 9.97 Å². The number of aliphatic hydroxyl groups excluding tert-OH is 1. The number of aliphatic hydroxyl groups is 1. The van der Waals surface area contributed by atoms with Crippen LogP contribution in [0.2, 0.25) is 0 Å². The third-order valence-electron chi connectivity index (χ3n) is 4.66. The second-order valence-electron chi connectivity index (χ2n) is 7.50. The molecule has 0 fully saturated rings. The molecule has 2 N–H and O–H groups in total. The molecule has 0 radical (unpaired) electrons. The molecule has 0 spiro atoms. The topological polar surface area (TPSA) is 70.5 Å². The van der Waals surface area contributed by atoms with Gasteiger partial charge in [0.1, 0.15) is 23.2 Å². The SMILES string of the molecule is CC(C)c1nc(N[C@H](C)CO)cc(N2CCc3cc(OC(F)(F)F)ccc3C2)n1. The van der Waals surface area contributed by atoms with Crippen LogP contribution in [0.3, 0.4) is 0 Å². The molecular formula is C20H25F3N4O2. The molecule has 9 heteroatoms. The second kappa shape index (κ2) is 8.44. The lowest BCUT2D eigenvalue weighted by Gasteiger charge is -2.31. The summed E-state index contributed by atoms with van der Waals surface area (Å²) >= 11 is 0. The predicted octanol–water partition coefficient (Wildman–Crippen LogP) is 3.85. The molecule has 0 unspecified atom stereocenters. The molecule has 6 nitrogen and oxygen atoms in total. The standard InChI is InChI=1S/C20H25F3N4O2/c1-12(2)19-25-17(24-13(3)11-28)9-18(26-19)27-7-6-14-8-16(29-20(21,22)23)5-4-15(14)10-27/h4-5,8-9,12-13,28H,6-7,10-11H2,1-3H3,(H,24,25,26)/t13-/m1/s1. The van der Waals surface area contributed by atoms with E-state index in [1.807, 2.05) is 26.8 Å². The summed E-state index contributed by atoms with van der Waals surface area (Å²) in [5.74, 6) is 2.00. The van der Waals surface area contributed by atoms with Crippen LogP contribution in [0.1, 0.15) is 43.6 Å². The van der Waals surface area contributed by atoms with Crippen LogP contribution < -0.4 is 15.0 Å². The molecule has 1 aliphatic heterocycles. The molecule has 1 aliphatic rings. The zero-order chi connectivity index (χ0) is 21.2. The molecular weight excluding hydrogens is 385 g/mol. The first-order valence-corrected chi connectivity index (χ1v) is 9.53. The number of hydrogen-bond acceptors (Lipinski definition) is 6. The number of ether oxygens (including phenoxy) is 1. The van der Waals surface area contributed by atoms with E-state index in [0.29, 0.717) is 31.2 Å². The fraction of sp³-hybridized carbons (Fsp3) is 0.500. The Bertz CT molecular complexity index is 858.